The van der Waals surface area contributed by atoms with Crippen molar-refractivity contribution in [3.63, 3.8) is 0 Å². The molecule has 0 bridgehead atoms. The van der Waals surface area contributed by atoms with Gasteiger partial charge in [0.1, 0.15) is 9.84 Å². The molecule has 0 amide bonds. The van der Waals surface area contributed by atoms with E-state index >= 15 is 0 Å². The molecule has 0 aliphatic heterocycles. The van der Waals surface area contributed by atoms with E-state index in [-0.39, 0.29) is 11.7 Å². The fraction of sp³-hybridized carbons (Fsp3) is 0.944. The number of aliphatic hydroxyl groups is 1. The maximum atomic E-state index is 12.0. The van der Waals surface area contributed by atoms with Gasteiger partial charge >= 0.3 is 5.97 Å². The Bertz CT molecular complexity index is 466. The maximum Gasteiger partial charge on any atom is 0.303 e. The number of carboxylic acids is 1. The number of carboxylic acid groups (broad SMARTS) is 1. The van der Waals surface area contributed by atoms with Crippen LogP contribution in [-0.2, 0) is 14.6 Å². The molecule has 24 heavy (non-hydrogen) atoms. The van der Waals surface area contributed by atoms with Gasteiger partial charge in [-0.15, -0.1) is 0 Å². The number of hydrogen-bond acceptors (Lipinski definition) is 4. The van der Waals surface area contributed by atoms with Crippen LogP contribution in [0.3, 0.4) is 0 Å². The van der Waals surface area contributed by atoms with E-state index in [9.17, 15) is 18.3 Å². The second kappa shape index (κ2) is 10.4. The highest BCUT2D eigenvalue weighted by molar-refractivity contribution is 7.91. The van der Waals surface area contributed by atoms with Crippen molar-refractivity contribution in [2.45, 2.75) is 101 Å². The Labute approximate surface area is 146 Å². The van der Waals surface area contributed by atoms with Gasteiger partial charge in [0.2, 0.25) is 0 Å². The zero-order valence-corrected chi connectivity index (χ0v) is 15.8. The molecule has 0 heterocycles. The maximum absolute atomic E-state index is 12.0. The monoisotopic (exact) mass is 362 g/mol. The molecule has 0 aromatic heterocycles. The third-order valence-electron chi connectivity index (χ3n) is 5.22. The van der Waals surface area contributed by atoms with Gasteiger partial charge in [0.25, 0.3) is 0 Å². The molecule has 0 aromatic rings. The standard InChI is InChI=1S/C18H34O5S/c1-24(22,23)16(10-5-2-3-6-12-17(19)20)11-9-15-18(21)13-7-4-8-14-18/h16,21H,2-15H2,1H3,(H,19,20). The quantitative estimate of drug-likeness (QED) is 0.517. The van der Waals surface area contributed by atoms with Crippen LogP contribution in [-0.4, -0.2) is 41.7 Å². The molecule has 0 radical (unpaired) electrons. The summed E-state index contributed by atoms with van der Waals surface area (Å²) in [6.45, 7) is 0. The topological polar surface area (TPSA) is 91.7 Å². The Morgan fingerprint density at radius 2 is 1.58 bits per heavy atom. The first-order valence-corrected chi connectivity index (χ1v) is 11.3. The Morgan fingerprint density at radius 1 is 1.00 bits per heavy atom. The van der Waals surface area contributed by atoms with Crippen molar-refractivity contribution in [1.82, 2.24) is 0 Å². The van der Waals surface area contributed by atoms with Crippen molar-refractivity contribution in [3.05, 3.63) is 0 Å². The predicted molar refractivity (Wildman–Crippen MR) is 95.9 cm³/mol. The van der Waals surface area contributed by atoms with E-state index in [2.05, 4.69) is 0 Å². The molecule has 142 valence electrons. The minimum atomic E-state index is -3.07. The van der Waals surface area contributed by atoms with Gasteiger partial charge in [0, 0.05) is 12.7 Å². The first-order valence-electron chi connectivity index (χ1n) is 9.36. The van der Waals surface area contributed by atoms with Crippen LogP contribution in [0.5, 0.6) is 0 Å². The largest absolute Gasteiger partial charge is 0.481 e. The molecule has 0 aromatic carbocycles. The second-order valence-corrected chi connectivity index (χ2v) is 9.80. The van der Waals surface area contributed by atoms with Gasteiger partial charge in [-0.05, 0) is 44.9 Å². The summed E-state index contributed by atoms with van der Waals surface area (Å²) in [5.41, 5.74) is -0.572. The fourth-order valence-corrected chi connectivity index (χ4v) is 4.88. The highest BCUT2D eigenvalue weighted by atomic mass is 32.2. The second-order valence-electron chi connectivity index (χ2n) is 7.48. The highest BCUT2D eigenvalue weighted by Gasteiger charge is 2.29. The lowest BCUT2D eigenvalue weighted by atomic mass is 9.81. The average Bonchev–Trinajstić information content (AvgIpc) is 2.48. The lowest BCUT2D eigenvalue weighted by Crippen LogP contribution is -2.31. The van der Waals surface area contributed by atoms with Crippen molar-refractivity contribution >= 4 is 15.8 Å². The molecule has 5 nitrogen and oxygen atoms in total. The summed E-state index contributed by atoms with van der Waals surface area (Å²) in [6, 6.07) is 0. The average molecular weight is 363 g/mol. The van der Waals surface area contributed by atoms with Crippen molar-refractivity contribution in [2.75, 3.05) is 6.26 Å². The molecule has 1 rings (SSSR count). The third kappa shape index (κ3) is 9.02. The molecule has 1 aliphatic carbocycles. The van der Waals surface area contributed by atoms with E-state index in [1.165, 1.54) is 12.7 Å². The number of hydrogen-bond donors (Lipinski definition) is 2. The zero-order valence-electron chi connectivity index (χ0n) is 15.0. The number of carbonyl (C=O) groups is 1. The summed E-state index contributed by atoms with van der Waals surface area (Å²) in [4.78, 5) is 10.4. The van der Waals surface area contributed by atoms with Crippen LogP contribution < -0.4 is 0 Å². The van der Waals surface area contributed by atoms with Crippen molar-refractivity contribution in [3.8, 4) is 0 Å². The summed E-state index contributed by atoms with van der Waals surface area (Å²) in [5, 5.41) is 18.8. The molecule has 1 fully saturated rings. The molecule has 0 spiro atoms. The van der Waals surface area contributed by atoms with Crippen molar-refractivity contribution < 1.29 is 23.4 Å². The van der Waals surface area contributed by atoms with Crippen LogP contribution in [0.25, 0.3) is 0 Å². The van der Waals surface area contributed by atoms with Crippen LogP contribution in [0, 0.1) is 0 Å². The number of unbranched alkanes of at least 4 members (excludes halogenated alkanes) is 3. The van der Waals surface area contributed by atoms with E-state index in [0.29, 0.717) is 25.7 Å². The molecule has 0 saturated heterocycles. The van der Waals surface area contributed by atoms with Crippen LogP contribution in [0.4, 0.5) is 0 Å². The summed E-state index contributed by atoms with van der Waals surface area (Å²) in [7, 11) is -3.07. The van der Waals surface area contributed by atoms with Gasteiger partial charge in [-0.25, -0.2) is 8.42 Å². The molecule has 1 aliphatic rings. The normalized spacial score (nSPS) is 19.1. The van der Waals surface area contributed by atoms with Crippen LogP contribution >= 0.6 is 0 Å². The zero-order chi connectivity index (χ0) is 18.1. The van der Waals surface area contributed by atoms with E-state index in [4.69, 9.17) is 5.11 Å². The molecule has 2 N–H and O–H groups in total. The number of aliphatic carboxylic acids is 1. The SMILES string of the molecule is CS(=O)(=O)C(CCCCCCC(=O)O)CCCC1(O)CCCCC1. The van der Waals surface area contributed by atoms with Crippen molar-refractivity contribution in [2.24, 2.45) is 0 Å². The van der Waals surface area contributed by atoms with E-state index < -0.39 is 21.4 Å². The van der Waals surface area contributed by atoms with Gasteiger partial charge in [0.15, 0.2) is 0 Å². The smallest absolute Gasteiger partial charge is 0.303 e. The summed E-state index contributed by atoms with van der Waals surface area (Å²) >= 11 is 0. The minimum absolute atomic E-state index is 0.189. The van der Waals surface area contributed by atoms with E-state index in [1.54, 1.807) is 0 Å². The van der Waals surface area contributed by atoms with Gasteiger partial charge in [-0.1, -0.05) is 38.5 Å². The summed E-state index contributed by atoms with van der Waals surface area (Å²) in [6.07, 6.45) is 12.4. The molecule has 6 heteroatoms. The molecular weight excluding hydrogens is 328 g/mol. The molecule has 1 saturated carbocycles. The highest BCUT2D eigenvalue weighted by Crippen LogP contribution is 2.33. The fourth-order valence-electron chi connectivity index (χ4n) is 3.69. The Morgan fingerprint density at radius 3 is 2.17 bits per heavy atom. The third-order valence-corrected chi connectivity index (χ3v) is 6.91. The van der Waals surface area contributed by atoms with E-state index in [0.717, 1.165) is 51.4 Å². The Hall–Kier alpha value is -0.620. The van der Waals surface area contributed by atoms with E-state index in [1.807, 2.05) is 0 Å². The van der Waals surface area contributed by atoms with Crippen LogP contribution in [0.1, 0.15) is 89.9 Å². The van der Waals surface area contributed by atoms with Gasteiger partial charge in [-0.3, -0.25) is 4.79 Å². The van der Waals surface area contributed by atoms with Crippen LogP contribution in [0.15, 0.2) is 0 Å². The number of sulfone groups is 1. The first-order chi connectivity index (χ1) is 11.2. The lowest BCUT2D eigenvalue weighted by Gasteiger charge is -2.32. The number of rotatable bonds is 12. The summed E-state index contributed by atoms with van der Waals surface area (Å²) < 4.78 is 23.9. The minimum Gasteiger partial charge on any atom is -0.481 e. The lowest BCUT2D eigenvalue weighted by molar-refractivity contribution is -0.137. The predicted octanol–water partition coefficient (Wildman–Crippen LogP) is 3.69. The molecular formula is C18H34O5S. The Kier molecular flexibility index (Phi) is 9.27. The van der Waals surface area contributed by atoms with Gasteiger partial charge in [0.05, 0.1) is 10.9 Å². The van der Waals surface area contributed by atoms with Gasteiger partial charge in [-0.2, -0.15) is 0 Å². The van der Waals surface area contributed by atoms with Crippen LogP contribution in [0.2, 0.25) is 0 Å². The van der Waals surface area contributed by atoms with Crippen molar-refractivity contribution in [1.29, 1.82) is 0 Å². The molecule has 1 atom stereocenters. The Balaban J connectivity index is 2.28. The first kappa shape index (κ1) is 21.4. The molecule has 1 unspecified atom stereocenters. The summed E-state index contributed by atoms with van der Waals surface area (Å²) in [5.74, 6) is -0.773. The van der Waals surface area contributed by atoms with Gasteiger partial charge < -0.3 is 10.2 Å².